The number of ether oxygens (including phenoxy) is 2. The molecule has 0 heterocycles. The van der Waals surface area contributed by atoms with E-state index in [1.807, 2.05) is 50.2 Å². The lowest BCUT2D eigenvalue weighted by Gasteiger charge is -2.10. The van der Waals surface area contributed by atoms with E-state index in [0.29, 0.717) is 16.5 Å². The van der Waals surface area contributed by atoms with Crippen LogP contribution in [0.3, 0.4) is 0 Å². The minimum absolute atomic E-state index is 0.148. The highest BCUT2D eigenvalue weighted by Crippen LogP contribution is 2.27. The summed E-state index contributed by atoms with van der Waals surface area (Å²) in [5.74, 6) is 0.912. The molecule has 144 valence electrons. The summed E-state index contributed by atoms with van der Waals surface area (Å²) in [6.45, 7) is 3.64. The average Bonchev–Trinajstić information content (AvgIpc) is 2.70. The van der Waals surface area contributed by atoms with Gasteiger partial charge in [-0.15, -0.1) is 0 Å². The molecule has 0 saturated carbocycles. The molecule has 3 rings (SSSR count). The Labute approximate surface area is 168 Å². The van der Waals surface area contributed by atoms with E-state index in [2.05, 4.69) is 10.5 Å². The number of carbonyl (C=O) groups is 1. The van der Waals surface area contributed by atoms with Gasteiger partial charge < -0.3 is 9.47 Å². The molecule has 0 bridgehead atoms. The van der Waals surface area contributed by atoms with Crippen LogP contribution in [0, 0.1) is 13.8 Å². The van der Waals surface area contributed by atoms with E-state index in [1.165, 1.54) is 0 Å². The number of nitrogens with zero attached hydrogens (tertiary/aromatic N) is 1. The van der Waals surface area contributed by atoms with Crippen molar-refractivity contribution in [2.75, 3.05) is 13.7 Å². The zero-order chi connectivity index (χ0) is 20.1. The summed E-state index contributed by atoms with van der Waals surface area (Å²) in [7, 11) is 1.60. The van der Waals surface area contributed by atoms with Gasteiger partial charge in [-0.25, -0.2) is 5.43 Å². The molecule has 1 N–H and O–H groups in total. The zero-order valence-corrected chi connectivity index (χ0v) is 16.7. The third-order valence-corrected chi connectivity index (χ3v) is 4.91. The quantitative estimate of drug-likeness (QED) is 0.487. The summed E-state index contributed by atoms with van der Waals surface area (Å²) in [6.07, 6.45) is 1.58. The van der Waals surface area contributed by atoms with Crippen LogP contribution in [0.5, 0.6) is 11.5 Å². The monoisotopic (exact) mass is 396 g/mol. The number of rotatable bonds is 6. The second kappa shape index (κ2) is 8.76. The van der Waals surface area contributed by atoms with Crippen molar-refractivity contribution in [2.24, 2.45) is 5.10 Å². The van der Waals surface area contributed by atoms with Crippen molar-refractivity contribution < 1.29 is 14.3 Å². The molecule has 0 aromatic heterocycles. The van der Waals surface area contributed by atoms with E-state index in [1.54, 1.807) is 25.5 Å². The summed E-state index contributed by atoms with van der Waals surface area (Å²) < 4.78 is 10.9. The molecular weight excluding hydrogens is 376 g/mol. The number of carbonyl (C=O) groups excluding carboxylic acids is 1. The van der Waals surface area contributed by atoms with Crippen LogP contribution in [0.1, 0.15) is 16.7 Å². The van der Waals surface area contributed by atoms with Crippen LogP contribution in [0.4, 0.5) is 0 Å². The van der Waals surface area contributed by atoms with Gasteiger partial charge in [0.05, 0.1) is 13.3 Å². The Morgan fingerprint density at radius 2 is 1.86 bits per heavy atom. The van der Waals surface area contributed by atoms with E-state index < -0.39 is 0 Å². The third-order valence-electron chi connectivity index (χ3n) is 4.31. The molecule has 0 spiro atoms. The van der Waals surface area contributed by atoms with Crippen molar-refractivity contribution in [3.63, 3.8) is 0 Å². The van der Waals surface area contributed by atoms with Crippen LogP contribution in [0.2, 0.25) is 5.02 Å². The number of aryl methyl sites for hydroxylation is 2. The summed E-state index contributed by atoms with van der Waals surface area (Å²) in [5.41, 5.74) is 5.08. The van der Waals surface area contributed by atoms with Crippen LogP contribution in [0.25, 0.3) is 10.8 Å². The molecule has 5 nitrogen and oxygen atoms in total. The zero-order valence-electron chi connectivity index (χ0n) is 16.0. The second-order valence-electron chi connectivity index (χ2n) is 6.36. The van der Waals surface area contributed by atoms with Crippen molar-refractivity contribution in [1.82, 2.24) is 5.43 Å². The Morgan fingerprint density at radius 3 is 2.57 bits per heavy atom. The Bertz CT molecular complexity index is 1020. The largest absolute Gasteiger partial charge is 0.496 e. The fraction of sp³-hybridized carbons (Fsp3) is 0.182. The molecule has 3 aromatic carbocycles. The van der Waals surface area contributed by atoms with E-state index in [4.69, 9.17) is 21.1 Å². The van der Waals surface area contributed by atoms with Crippen molar-refractivity contribution in [2.45, 2.75) is 13.8 Å². The maximum Gasteiger partial charge on any atom is 0.277 e. The Kier molecular flexibility index (Phi) is 6.16. The summed E-state index contributed by atoms with van der Waals surface area (Å²) >= 11 is 6.14. The molecule has 1 amide bonds. The van der Waals surface area contributed by atoms with Gasteiger partial charge in [0, 0.05) is 10.6 Å². The number of methoxy groups -OCH3 is 1. The maximum atomic E-state index is 12.1. The Morgan fingerprint density at radius 1 is 1.14 bits per heavy atom. The lowest BCUT2D eigenvalue weighted by Crippen LogP contribution is -2.24. The first-order chi connectivity index (χ1) is 13.5. The van der Waals surface area contributed by atoms with Gasteiger partial charge in [0.25, 0.3) is 5.91 Å². The number of amides is 1. The molecule has 0 aliphatic rings. The van der Waals surface area contributed by atoms with Gasteiger partial charge in [-0.2, -0.15) is 5.10 Å². The maximum absolute atomic E-state index is 12.1. The Balaban J connectivity index is 1.66. The van der Waals surface area contributed by atoms with Crippen LogP contribution in [-0.4, -0.2) is 25.8 Å². The number of hydrazone groups is 1. The summed E-state index contributed by atoms with van der Waals surface area (Å²) in [6, 6.07) is 15.4. The highest BCUT2D eigenvalue weighted by atomic mass is 35.5. The molecule has 0 fully saturated rings. The number of nitrogens with one attached hydrogen (secondary N) is 1. The van der Waals surface area contributed by atoms with Gasteiger partial charge in [-0.3, -0.25) is 4.79 Å². The number of hydrogen-bond acceptors (Lipinski definition) is 4. The summed E-state index contributed by atoms with van der Waals surface area (Å²) in [5, 5.41) is 6.81. The molecule has 3 aromatic rings. The molecule has 0 aliphatic heterocycles. The van der Waals surface area contributed by atoms with Crippen molar-refractivity contribution >= 4 is 34.5 Å². The molecule has 0 aliphatic carbocycles. The van der Waals surface area contributed by atoms with Crippen LogP contribution >= 0.6 is 11.6 Å². The first-order valence-electron chi connectivity index (χ1n) is 8.77. The van der Waals surface area contributed by atoms with Crippen LogP contribution in [-0.2, 0) is 4.79 Å². The minimum Gasteiger partial charge on any atom is -0.496 e. The van der Waals surface area contributed by atoms with E-state index in [0.717, 1.165) is 27.5 Å². The molecule has 6 heteroatoms. The van der Waals surface area contributed by atoms with Crippen LogP contribution < -0.4 is 14.9 Å². The minimum atomic E-state index is -0.360. The van der Waals surface area contributed by atoms with Gasteiger partial charge in [0.1, 0.15) is 11.5 Å². The van der Waals surface area contributed by atoms with Gasteiger partial charge in [-0.05, 0) is 53.9 Å². The molecule has 0 saturated heterocycles. The number of fused-ring (bicyclic) bond motifs is 1. The molecule has 0 radical (unpaired) electrons. The fourth-order valence-corrected chi connectivity index (χ4v) is 3.04. The SMILES string of the molecule is COc1ccc2ccccc2c1/C=N/NC(=O)COc1cc(C)c(Cl)c(C)c1. The fourth-order valence-electron chi connectivity index (χ4n) is 2.93. The van der Waals surface area contributed by atoms with Crippen molar-refractivity contribution in [3.8, 4) is 11.5 Å². The van der Waals surface area contributed by atoms with Gasteiger partial charge >= 0.3 is 0 Å². The Hall–Kier alpha value is -3.05. The first-order valence-corrected chi connectivity index (χ1v) is 9.14. The van der Waals surface area contributed by atoms with E-state index in [9.17, 15) is 4.79 Å². The topological polar surface area (TPSA) is 59.9 Å². The van der Waals surface area contributed by atoms with Gasteiger partial charge in [0.2, 0.25) is 0 Å². The number of benzene rings is 3. The normalized spacial score (nSPS) is 11.0. The van der Waals surface area contributed by atoms with E-state index >= 15 is 0 Å². The predicted molar refractivity (Wildman–Crippen MR) is 113 cm³/mol. The lowest BCUT2D eigenvalue weighted by molar-refractivity contribution is -0.123. The van der Waals surface area contributed by atoms with Gasteiger partial charge in [0.15, 0.2) is 6.61 Å². The highest BCUT2D eigenvalue weighted by Gasteiger charge is 2.08. The second-order valence-corrected chi connectivity index (χ2v) is 6.73. The van der Waals surface area contributed by atoms with Crippen LogP contribution in [0.15, 0.2) is 53.6 Å². The number of hydrogen-bond donors (Lipinski definition) is 1. The molecule has 0 atom stereocenters. The molecular formula is C22H21ClN2O3. The van der Waals surface area contributed by atoms with Crippen molar-refractivity contribution in [1.29, 1.82) is 0 Å². The standard InChI is InChI=1S/C22H21ClN2O3/c1-14-10-17(11-15(2)22(14)23)28-13-21(26)25-24-12-19-18-7-5-4-6-16(18)8-9-20(19)27-3/h4-12H,13H2,1-3H3,(H,25,26)/b24-12+. The third kappa shape index (κ3) is 4.43. The number of halogens is 1. The van der Waals surface area contributed by atoms with Crippen molar-refractivity contribution in [3.05, 3.63) is 70.2 Å². The highest BCUT2D eigenvalue weighted by molar-refractivity contribution is 6.32. The smallest absolute Gasteiger partial charge is 0.277 e. The summed E-state index contributed by atoms with van der Waals surface area (Å²) in [4.78, 5) is 12.1. The average molecular weight is 397 g/mol. The molecule has 28 heavy (non-hydrogen) atoms. The first kappa shape index (κ1) is 19.7. The lowest BCUT2D eigenvalue weighted by atomic mass is 10.0. The predicted octanol–water partition coefficient (Wildman–Crippen LogP) is 4.65. The van der Waals surface area contributed by atoms with E-state index in [-0.39, 0.29) is 12.5 Å². The van der Waals surface area contributed by atoms with Gasteiger partial charge in [-0.1, -0.05) is 41.9 Å². The molecule has 0 unspecified atom stereocenters.